The number of hydrogen-bond donors (Lipinski definition) is 3. The molecule has 0 aliphatic heterocycles. The predicted molar refractivity (Wildman–Crippen MR) is 79.2 cm³/mol. The number of likely N-dealkylation sites (N-methyl/N-ethyl adjacent to an activating group) is 1. The summed E-state index contributed by atoms with van der Waals surface area (Å²) in [5, 5.41) is 11.5. The van der Waals surface area contributed by atoms with E-state index in [2.05, 4.69) is 21.0 Å². The van der Waals surface area contributed by atoms with Crippen LogP contribution in [0.3, 0.4) is 0 Å². The smallest absolute Gasteiger partial charge is 0.272 e. The largest absolute Gasteiger partial charge is 0.355 e. The number of nitrogens with zero attached hydrogens (tertiary/aromatic N) is 2. The Bertz CT molecular complexity index is 662. The number of amides is 3. The Morgan fingerprint density at radius 3 is 2.55 bits per heavy atom. The lowest BCUT2D eigenvalue weighted by atomic mass is 10.3. The van der Waals surface area contributed by atoms with E-state index in [0.717, 1.165) is 5.52 Å². The summed E-state index contributed by atoms with van der Waals surface area (Å²) in [6.07, 6.45) is 1.73. The minimum atomic E-state index is -0.447. The molecule has 8 heteroatoms. The first-order chi connectivity index (χ1) is 10.6. The number of nitrogens with one attached hydrogen (secondary N) is 3. The molecule has 2 rings (SSSR count). The highest BCUT2D eigenvalue weighted by atomic mass is 16.2. The molecule has 0 radical (unpaired) electrons. The van der Waals surface area contributed by atoms with Crippen LogP contribution >= 0.6 is 0 Å². The van der Waals surface area contributed by atoms with Gasteiger partial charge < -0.3 is 16.0 Å². The molecule has 8 nitrogen and oxygen atoms in total. The van der Waals surface area contributed by atoms with Crippen molar-refractivity contribution >= 4 is 23.2 Å². The summed E-state index contributed by atoms with van der Waals surface area (Å²) in [6.45, 7) is 1.96. The second-order valence-corrected chi connectivity index (χ2v) is 4.51. The van der Waals surface area contributed by atoms with Gasteiger partial charge in [-0.15, -0.1) is 0 Å². The zero-order valence-electron chi connectivity index (χ0n) is 12.1. The van der Waals surface area contributed by atoms with Gasteiger partial charge in [-0.25, -0.2) is 4.52 Å². The van der Waals surface area contributed by atoms with Gasteiger partial charge in [0.25, 0.3) is 5.91 Å². The summed E-state index contributed by atoms with van der Waals surface area (Å²) < 4.78 is 1.57. The SMILES string of the molecule is CCNC(=O)CNC(=O)CNC(=O)c1cc2ccccn2n1. The van der Waals surface area contributed by atoms with Crippen LogP contribution in [0, 0.1) is 0 Å². The Balaban J connectivity index is 1.82. The number of aromatic nitrogens is 2. The Morgan fingerprint density at radius 1 is 1.09 bits per heavy atom. The van der Waals surface area contributed by atoms with Crippen molar-refractivity contribution in [2.75, 3.05) is 19.6 Å². The van der Waals surface area contributed by atoms with E-state index in [-0.39, 0.29) is 24.7 Å². The van der Waals surface area contributed by atoms with Gasteiger partial charge in [0.2, 0.25) is 11.8 Å². The van der Waals surface area contributed by atoms with Crippen LogP contribution < -0.4 is 16.0 Å². The van der Waals surface area contributed by atoms with Crippen molar-refractivity contribution in [2.45, 2.75) is 6.92 Å². The molecule has 0 unspecified atom stereocenters. The van der Waals surface area contributed by atoms with Gasteiger partial charge in [0.1, 0.15) is 0 Å². The topological polar surface area (TPSA) is 105 Å². The van der Waals surface area contributed by atoms with Gasteiger partial charge in [0, 0.05) is 12.7 Å². The number of carbonyl (C=O) groups excluding carboxylic acids is 3. The molecule has 2 aromatic heterocycles. The number of fused-ring (bicyclic) bond motifs is 1. The first-order valence-corrected chi connectivity index (χ1v) is 6.86. The van der Waals surface area contributed by atoms with Crippen LogP contribution in [-0.4, -0.2) is 47.0 Å². The average Bonchev–Trinajstić information content (AvgIpc) is 2.95. The van der Waals surface area contributed by atoms with Gasteiger partial charge in [-0.05, 0) is 25.1 Å². The lowest BCUT2D eigenvalue weighted by Gasteiger charge is -2.05. The fourth-order valence-electron chi connectivity index (χ4n) is 1.80. The first kappa shape index (κ1) is 15.5. The molecule has 22 heavy (non-hydrogen) atoms. The molecule has 0 aliphatic rings. The molecule has 3 amide bonds. The summed E-state index contributed by atoms with van der Waals surface area (Å²) in [7, 11) is 0. The molecule has 0 aromatic carbocycles. The molecule has 0 aliphatic carbocycles. The van der Waals surface area contributed by atoms with Crippen LogP contribution in [0.2, 0.25) is 0 Å². The molecular weight excluding hydrogens is 286 g/mol. The highest BCUT2D eigenvalue weighted by Gasteiger charge is 2.12. The van der Waals surface area contributed by atoms with Crippen molar-refractivity contribution in [3.8, 4) is 0 Å². The fraction of sp³-hybridized carbons (Fsp3) is 0.286. The highest BCUT2D eigenvalue weighted by Crippen LogP contribution is 2.05. The molecular formula is C14H17N5O3. The summed E-state index contributed by atoms with van der Waals surface area (Å²) in [5.74, 6) is -1.16. The third-order valence-corrected chi connectivity index (χ3v) is 2.83. The third kappa shape index (κ3) is 4.05. The van der Waals surface area contributed by atoms with E-state index in [4.69, 9.17) is 0 Å². The molecule has 0 saturated heterocycles. The first-order valence-electron chi connectivity index (χ1n) is 6.86. The predicted octanol–water partition coefficient (Wildman–Crippen LogP) is -0.684. The number of carbonyl (C=O) groups is 3. The van der Waals surface area contributed by atoms with Crippen LogP contribution in [0.25, 0.3) is 5.52 Å². The van der Waals surface area contributed by atoms with E-state index in [0.29, 0.717) is 6.54 Å². The molecule has 0 bridgehead atoms. The highest BCUT2D eigenvalue weighted by molar-refractivity contribution is 5.96. The van der Waals surface area contributed by atoms with Gasteiger partial charge >= 0.3 is 0 Å². The zero-order valence-corrected chi connectivity index (χ0v) is 12.1. The van der Waals surface area contributed by atoms with E-state index in [9.17, 15) is 14.4 Å². The van der Waals surface area contributed by atoms with Gasteiger partial charge in [-0.1, -0.05) is 6.07 Å². The number of rotatable bonds is 6. The summed E-state index contributed by atoms with van der Waals surface area (Å²) in [5.41, 5.74) is 1.01. The van der Waals surface area contributed by atoms with Crippen molar-refractivity contribution in [3.05, 3.63) is 36.2 Å². The van der Waals surface area contributed by atoms with Crippen LogP contribution in [0.5, 0.6) is 0 Å². The van der Waals surface area contributed by atoms with Crippen LogP contribution in [0.4, 0.5) is 0 Å². The van der Waals surface area contributed by atoms with Crippen LogP contribution in [0.15, 0.2) is 30.5 Å². The van der Waals surface area contributed by atoms with Crippen molar-refractivity contribution in [2.24, 2.45) is 0 Å². The Kier molecular flexibility index (Phi) is 5.07. The number of pyridine rings is 1. The number of hydrogen-bond acceptors (Lipinski definition) is 4. The van der Waals surface area contributed by atoms with E-state index in [1.165, 1.54) is 0 Å². The second kappa shape index (κ2) is 7.21. The van der Waals surface area contributed by atoms with E-state index >= 15 is 0 Å². The molecule has 116 valence electrons. The van der Waals surface area contributed by atoms with Gasteiger partial charge in [-0.2, -0.15) is 5.10 Å². The molecule has 2 heterocycles. The van der Waals surface area contributed by atoms with E-state index in [1.807, 2.05) is 12.1 Å². The molecule has 3 N–H and O–H groups in total. The standard InChI is InChI=1S/C14H17N5O3/c1-2-15-12(20)8-16-13(21)9-17-14(22)11-7-10-5-3-4-6-19(10)18-11/h3-7H,2,8-9H2,1H3,(H,15,20)(H,16,21)(H,17,22). The van der Waals surface area contributed by atoms with Gasteiger partial charge in [0.05, 0.1) is 18.6 Å². The average molecular weight is 303 g/mol. The van der Waals surface area contributed by atoms with Crippen LogP contribution in [-0.2, 0) is 9.59 Å². The van der Waals surface area contributed by atoms with Crippen LogP contribution in [0.1, 0.15) is 17.4 Å². The van der Waals surface area contributed by atoms with Crippen molar-refractivity contribution in [1.82, 2.24) is 25.6 Å². The normalized spacial score (nSPS) is 10.2. The maximum atomic E-state index is 11.9. The Morgan fingerprint density at radius 2 is 1.82 bits per heavy atom. The molecule has 0 spiro atoms. The van der Waals surface area contributed by atoms with Crippen molar-refractivity contribution in [1.29, 1.82) is 0 Å². The summed E-state index contributed by atoms with van der Waals surface area (Å²) in [4.78, 5) is 34.6. The second-order valence-electron chi connectivity index (χ2n) is 4.51. The molecule has 0 atom stereocenters. The Hall–Kier alpha value is -2.90. The Labute approximate surface area is 126 Å². The maximum Gasteiger partial charge on any atom is 0.272 e. The monoisotopic (exact) mass is 303 g/mol. The fourth-order valence-corrected chi connectivity index (χ4v) is 1.80. The molecule has 0 saturated carbocycles. The van der Waals surface area contributed by atoms with Crippen molar-refractivity contribution < 1.29 is 14.4 Å². The van der Waals surface area contributed by atoms with Crippen molar-refractivity contribution in [3.63, 3.8) is 0 Å². The zero-order chi connectivity index (χ0) is 15.9. The third-order valence-electron chi connectivity index (χ3n) is 2.83. The quantitative estimate of drug-likeness (QED) is 0.657. The lowest BCUT2D eigenvalue weighted by molar-refractivity contribution is -0.125. The van der Waals surface area contributed by atoms with Gasteiger partial charge in [-0.3, -0.25) is 14.4 Å². The minimum absolute atomic E-state index is 0.114. The summed E-state index contributed by atoms with van der Waals surface area (Å²) in [6, 6.07) is 7.09. The van der Waals surface area contributed by atoms with Gasteiger partial charge in [0.15, 0.2) is 5.69 Å². The molecule has 2 aromatic rings. The van der Waals surface area contributed by atoms with E-state index < -0.39 is 11.8 Å². The molecule has 0 fully saturated rings. The van der Waals surface area contributed by atoms with E-state index in [1.54, 1.807) is 29.8 Å². The summed E-state index contributed by atoms with van der Waals surface area (Å²) >= 11 is 0. The minimum Gasteiger partial charge on any atom is -0.355 e. The maximum absolute atomic E-state index is 11.9. The lowest BCUT2D eigenvalue weighted by Crippen LogP contribution is -2.42.